The number of aldehydes is 1. The molecule has 0 saturated heterocycles. The fourth-order valence-electron chi connectivity index (χ4n) is 3.36. The number of benzene rings is 1. The van der Waals surface area contributed by atoms with Crippen LogP contribution >= 0.6 is 11.3 Å². The number of non-ortho nitro benzene ring substituents is 1. The molecule has 0 bridgehead atoms. The number of fused-ring (bicyclic) bond motifs is 1. The van der Waals surface area contributed by atoms with Gasteiger partial charge in [-0.1, -0.05) is 26.7 Å². The van der Waals surface area contributed by atoms with Gasteiger partial charge in [-0.15, -0.1) is 11.3 Å². The van der Waals surface area contributed by atoms with Crippen LogP contribution in [0, 0.1) is 10.1 Å². The van der Waals surface area contributed by atoms with E-state index in [1.807, 2.05) is 26.0 Å². The molecule has 0 fully saturated rings. The largest absolute Gasteiger partial charge is 0.377 e. The lowest BCUT2D eigenvalue weighted by atomic mass is 10.1. The van der Waals surface area contributed by atoms with Crippen LogP contribution in [-0.2, 0) is 0 Å². The number of carbonyl (C=O) groups excluding carboxylic acids is 1. The summed E-state index contributed by atoms with van der Waals surface area (Å²) < 4.78 is 0.478. The lowest BCUT2D eigenvalue weighted by Gasteiger charge is -2.25. The molecular weight excluding hydrogens is 376 g/mol. The summed E-state index contributed by atoms with van der Waals surface area (Å²) in [5, 5.41) is 12.1. The van der Waals surface area contributed by atoms with Gasteiger partial charge >= 0.3 is 0 Å². The number of nitro benzene ring substituents is 1. The number of thiophene rings is 1. The summed E-state index contributed by atoms with van der Waals surface area (Å²) in [6.45, 7) is 4.32. The van der Waals surface area contributed by atoms with Crippen LogP contribution in [-0.4, -0.2) is 49.6 Å². The predicted octanol–water partition coefficient (Wildman–Crippen LogP) is 5.25. The quantitative estimate of drug-likeness (QED) is 0.178. The van der Waals surface area contributed by atoms with E-state index in [9.17, 15) is 14.9 Å². The van der Waals surface area contributed by atoms with Gasteiger partial charge in [-0.3, -0.25) is 14.9 Å². The number of carbonyl (C=O) groups is 1. The first-order valence-corrected chi connectivity index (χ1v) is 10.3. The maximum atomic E-state index is 11.7. The minimum atomic E-state index is -0.412. The molecule has 0 aliphatic heterocycles. The van der Waals surface area contributed by atoms with Crippen molar-refractivity contribution in [2.75, 3.05) is 26.0 Å². The Balaban J connectivity index is 2.60. The molecule has 0 radical (unpaired) electrons. The molecule has 1 aromatic carbocycles. The van der Waals surface area contributed by atoms with Crippen molar-refractivity contribution in [3.63, 3.8) is 0 Å². The number of rotatable bonds is 10. The number of anilines is 1. The predicted molar refractivity (Wildman–Crippen MR) is 118 cm³/mol. The Morgan fingerprint density at radius 1 is 1.21 bits per heavy atom. The fraction of sp³-hybridized carbons (Fsp3) is 0.500. The van der Waals surface area contributed by atoms with E-state index in [1.165, 1.54) is 6.07 Å². The lowest BCUT2D eigenvalue weighted by Crippen LogP contribution is -2.30. The molecule has 1 aromatic heterocycles. The highest BCUT2D eigenvalue weighted by atomic mass is 32.1. The zero-order valence-corrected chi connectivity index (χ0v) is 18.0. The van der Waals surface area contributed by atoms with Gasteiger partial charge in [0.25, 0.3) is 5.69 Å². The van der Waals surface area contributed by atoms with Crippen LogP contribution < -0.4 is 4.90 Å². The first-order valence-electron chi connectivity index (χ1n) is 9.48. The first kappa shape index (κ1) is 21.8. The van der Waals surface area contributed by atoms with Crippen molar-refractivity contribution in [1.29, 1.82) is 0 Å². The topological polar surface area (TPSA) is 79.0 Å². The van der Waals surface area contributed by atoms with Crippen molar-refractivity contribution < 1.29 is 9.72 Å². The van der Waals surface area contributed by atoms with Crippen molar-refractivity contribution in [3.8, 4) is 0 Å². The highest BCUT2D eigenvalue weighted by Crippen LogP contribution is 2.46. The van der Waals surface area contributed by atoms with Gasteiger partial charge in [0, 0.05) is 44.3 Å². The second kappa shape index (κ2) is 9.64. The summed E-state index contributed by atoms with van der Waals surface area (Å²) in [6.07, 6.45) is 6.78. The maximum absolute atomic E-state index is 11.7. The summed E-state index contributed by atoms with van der Waals surface area (Å²) in [6, 6.07) is 3.58. The summed E-state index contributed by atoms with van der Waals surface area (Å²) in [4.78, 5) is 31.7. The Bertz CT molecular complexity index is 870. The summed E-state index contributed by atoms with van der Waals surface area (Å²) >= 11 is 1.12. The number of hydrogen-bond acceptors (Lipinski definition) is 6. The van der Waals surface area contributed by atoms with E-state index in [1.54, 1.807) is 12.4 Å². The molecule has 1 heterocycles. The van der Waals surface area contributed by atoms with Gasteiger partial charge < -0.3 is 9.80 Å². The SMILES string of the molecule is CCCC(CCC)N(C)C=Nc1c(C=O)sc2c([N+](=O)[O-])ccc(N(C)C)c12. The molecule has 0 saturated carbocycles. The third-order valence-corrected chi connectivity index (χ3v) is 5.90. The zero-order valence-electron chi connectivity index (χ0n) is 17.1. The Kier molecular flexibility index (Phi) is 7.51. The van der Waals surface area contributed by atoms with E-state index in [0.29, 0.717) is 26.7 Å². The van der Waals surface area contributed by atoms with Crippen LogP contribution in [0.15, 0.2) is 17.1 Å². The highest BCUT2D eigenvalue weighted by molar-refractivity contribution is 7.22. The molecule has 0 aliphatic rings. The molecule has 0 atom stereocenters. The molecule has 0 N–H and O–H groups in total. The van der Waals surface area contributed by atoms with Crippen LogP contribution in [0.4, 0.5) is 17.1 Å². The summed E-state index contributed by atoms with van der Waals surface area (Å²) in [7, 11) is 5.73. The standard InChI is InChI=1S/C20H28N4O3S/c1-6-8-14(9-7-2)23(5)13-21-19-17(12-25)28-20-16(24(26)27)11-10-15(18(19)20)22(3)4/h10-14H,6-9H2,1-5H3. The number of nitrogens with zero attached hydrogens (tertiary/aromatic N) is 4. The number of aliphatic imine (C=N–C) groups is 1. The minimum absolute atomic E-state index is 0.00153. The van der Waals surface area contributed by atoms with Crippen LogP contribution in [0.5, 0.6) is 0 Å². The van der Waals surface area contributed by atoms with Gasteiger partial charge in [0.15, 0.2) is 6.29 Å². The lowest BCUT2D eigenvalue weighted by molar-refractivity contribution is -0.382. The van der Waals surface area contributed by atoms with Crippen LogP contribution in [0.2, 0.25) is 0 Å². The molecule has 0 aliphatic carbocycles. The van der Waals surface area contributed by atoms with Gasteiger partial charge in [0.1, 0.15) is 4.70 Å². The third kappa shape index (κ3) is 4.49. The average molecular weight is 405 g/mol. The monoisotopic (exact) mass is 404 g/mol. The smallest absolute Gasteiger partial charge is 0.287 e. The zero-order chi connectivity index (χ0) is 20.8. The fourth-order valence-corrected chi connectivity index (χ4v) is 4.43. The van der Waals surface area contributed by atoms with Gasteiger partial charge in [-0.05, 0) is 18.9 Å². The first-order chi connectivity index (χ1) is 13.3. The van der Waals surface area contributed by atoms with Crippen molar-refractivity contribution in [2.45, 2.75) is 45.6 Å². The van der Waals surface area contributed by atoms with Gasteiger partial charge in [0.05, 0.1) is 21.8 Å². The Labute approximate surface area is 169 Å². The van der Waals surface area contributed by atoms with Crippen LogP contribution in [0.1, 0.15) is 49.2 Å². The van der Waals surface area contributed by atoms with E-state index in [2.05, 4.69) is 23.7 Å². The van der Waals surface area contributed by atoms with Crippen molar-refractivity contribution in [1.82, 2.24) is 4.90 Å². The Morgan fingerprint density at radius 3 is 2.36 bits per heavy atom. The van der Waals surface area contributed by atoms with Crippen LogP contribution in [0.25, 0.3) is 10.1 Å². The maximum Gasteiger partial charge on any atom is 0.287 e. The number of nitro groups is 1. The second-order valence-electron chi connectivity index (χ2n) is 7.03. The molecule has 0 unspecified atom stereocenters. The van der Waals surface area contributed by atoms with Gasteiger partial charge in [-0.2, -0.15) is 0 Å². The molecule has 8 heteroatoms. The molecule has 0 spiro atoms. The van der Waals surface area contributed by atoms with E-state index < -0.39 is 4.92 Å². The molecular formula is C20H28N4O3S. The molecule has 2 aromatic rings. The van der Waals surface area contributed by atoms with Gasteiger partial charge in [0.2, 0.25) is 0 Å². The number of hydrogen-bond donors (Lipinski definition) is 0. The molecule has 2 rings (SSSR count). The van der Waals surface area contributed by atoms with E-state index in [-0.39, 0.29) is 5.69 Å². The van der Waals surface area contributed by atoms with E-state index in [4.69, 9.17) is 0 Å². The molecule has 0 amide bonds. The van der Waals surface area contributed by atoms with Crippen LogP contribution in [0.3, 0.4) is 0 Å². The summed E-state index contributed by atoms with van der Waals surface area (Å²) in [5.41, 5.74) is 1.30. The van der Waals surface area contributed by atoms with E-state index >= 15 is 0 Å². The van der Waals surface area contributed by atoms with Crippen molar-refractivity contribution in [3.05, 3.63) is 27.1 Å². The molecule has 7 nitrogen and oxygen atoms in total. The van der Waals surface area contributed by atoms with Crippen molar-refractivity contribution >= 4 is 51.1 Å². The minimum Gasteiger partial charge on any atom is -0.377 e. The Hall–Kier alpha value is -2.48. The molecule has 152 valence electrons. The van der Waals surface area contributed by atoms with Crippen molar-refractivity contribution in [2.24, 2.45) is 4.99 Å². The Morgan fingerprint density at radius 2 is 1.86 bits per heavy atom. The normalized spacial score (nSPS) is 11.5. The second-order valence-corrected chi connectivity index (χ2v) is 8.09. The molecule has 28 heavy (non-hydrogen) atoms. The van der Waals surface area contributed by atoms with E-state index in [0.717, 1.165) is 49.0 Å². The highest BCUT2D eigenvalue weighted by Gasteiger charge is 2.23. The third-order valence-electron chi connectivity index (χ3n) is 4.77. The average Bonchev–Trinajstić information content (AvgIpc) is 3.03. The van der Waals surface area contributed by atoms with Gasteiger partial charge in [-0.25, -0.2) is 4.99 Å². The summed E-state index contributed by atoms with van der Waals surface area (Å²) in [5.74, 6) is 0.